The van der Waals surface area contributed by atoms with Gasteiger partial charge in [0.15, 0.2) is 0 Å². The lowest BCUT2D eigenvalue weighted by Crippen LogP contribution is -2.03. The van der Waals surface area contributed by atoms with Crippen molar-refractivity contribution < 1.29 is 9.84 Å². The largest absolute Gasteiger partial charge is 0.487 e. The minimum atomic E-state index is -0.456. The number of benzene rings is 1. The maximum atomic E-state index is 9.47. The van der Waals surface area contributed by atoms with Crippen LogP contribution >= 0.6 is 15.9 Å². The summed E-state index contributed by atoms with van der Waals surface area (Å²) in [4.78, 5) is 0. The lowest BCUT2D eigenvalue weighted by molar-refractivity contribution is 0.199. The van der Waals surface area contributed by atoms with Crippen LogP contribution in [0, 0.1) is 0 Å². The first-order chi connectivity index (χ1) is 9.52. The van der Waals surface area contributed by atoms with E-state index in [4.69, 9.17) is 4.74 Å². The Morgan fingerprint density at radius 2 is 2.00 bits per heavy atom. The summed E-state index contributed by atoms with van der Waals surface area (Å²) in [7, 11) is 1.92. The van der Waals surface area contributed by atoms with Crippen molar-refractivity contribution in [2.45, 2.75) is 33.0 Å². The second-order valence-electron chi connectivity index (χ2n) is 4.72. The minimum absolute atomic E-state index is 0.456. The molecule has 1 N–H and O–H groups in total. The predicted molar refractivity (Wildman–Crippen MR) is 81.7 cm³/mol. The molecule has 0 saturated carbocycles. The van der Waals surface area contributed by atoms with E-state index in [0.717, 1.165) is 33.6 Å². The summed E-state index contributed by atoms with van der Waals surface area (Å²) in [5, 5.41) is 13.9. The van der Waals surface area contributed by atoms with Crippen LogP contribution in [0.15, 0.2) is 28.7 Å². The Kier molecular flexibility index (Phi) is 4.83. The molecule has 1 atom stereocenters. The normalized spacial score (nSPS) is 12.4. The highest BCUT2D eigenvalue weighted by molar-refractivity contribution is 9.10. The van der Waals surface area contributed by atoms with Gasteiger partial charge in [-0.2, -0.15) is 5.10 Å². The van der Waals surface area contributed by atoms with Crippen molar-refractivity contribution in [3.8, 4) is 5.75 Å². The molecule has 2 aromatic rings. The zero-order valence-electron chi connectivity index (χ0n) is 11.9. The molecule has 20 heavy (non-hydrogen) atoms. The Labute approximate surface area is 127 Å². The Bertz CT molecular complexity index is 576. The Morgan fingerprint density at radius 1 is 1.35 bits per heavy atom. The van der Waals surface area contributed by atoms with Crippen LogP contribution < -0.4 is 4.74 Å². The van der Waals surface area contributed by atoms with Crippen LogP contribution in [-0.4, -0.2) is 14.9 Å². The first-order valence-electron chi connectivity index (χ1n) is 6.64. The molecule has 0 aliphatic rings. The van der Waals surface area contributed by atoms with E-state index in [-0.39, 0.29) is 0 Å². The van der Waals surface area contributed by atoms with E-state index in [9.17, 15) is 5.11 Å². The molecule has 0 bridgehead atoms. The number of aliphatic hydroxyl groups is 1. The number of rotatable bonds is 5. The number of ether oxygens (including phenoxy) is 1. The van der Waals surface area contributed by atoms with Crippen molar-refractivity contribution in [2.75, 3.05) is 0 Å². The quantitative estimate of drug-likeness (QED) is 0.908. The van der Waals surface area contributed by atoms with Gasteiger partial charge in [-0.3, -0.25) is 4.68 Å². The molecule has 4 nitrogen and oxygen atoms in total. The monoisotopic (exact) mass is 338 g/mol. The fraction of sp³-hybridized carbons (Fsp3) is 0.400. The van der Waals surface area contributed by atoms with Crippen molar-refractivity contribution in [1.82, 2.24) is 9.78 Å². The minimum Gasteiger partial charge on any atom is -0.487 e. The third-order valence-electron chi connectivity index (χ3n) is 3.24. The van der Waals surface area contributed by atoms with Crippen molar-refractivity contribution in [1.29, 1.82) is 0 Å². The van der Waals surface area contributed by atoms with Crippen LogP contribution in [0.1, 0.15) is 36.9 Å². The second-order valence-corrected chi connectivity index (χ2v) is 5.51. The standard InChI is InChI=1S/C15H19BrN2O2/c1-4-13-15(16)14(18(3)17-13)9-20-12-7-5-11(6-8-12)10(2)19/h5-8,10,19H,4,9H2,1-3H3/t10-/m0/s1. The SMILES string of the molecule is CCc1nn(C)c(COc2ccc([C@H](C)O)cc2)c1Br. The van der Waals surface area contributed by atoms with Crippen molar-refractivity contribution in [3.63, 3.8) is 0 Å². The van der Waals surface area contributed by atoms with Crippen molar-refractivity contribution in [3.05, 3.63) is 45.7 Å². The van der Waals surface area contributed by atoms with Gasteiger partial charge in [0.2, 0.25) is 0 Å². The predicted octanol–water partition coefficient (Wildman–Crippen LogP) is 3.38. The number of nitrogens with zero attached hydrogens (tertiary/aromatic N) is 2. The second kappa shape index (κ2) is 6.41. The molecule has 2 rings (SSSR count). The van der Waals surface area contributed by atoms with Gasteiger partial charge in [0.05, 0.1) is 22.0 Å². The lowest BCUT2D eigenvalue weighted by atomic mass is 10.1. The molecule has 108 valence electrons. The van der Waals surface area contributed by atoms with Gasteiger partial charge < -0.3 is 9.84 Å². The van der Waals surface area contributed by atoms with E-state index in [1.807, 2.05) is 36.0 Å². The van der Waals surface area contributed by atoms with Gasteiger partial charge in [-0.1, -0.05) is 19.1 Å². The molecule has 0 fully saturated rings. The van der Waals surface area contributed by atoms with Crippen molar-refractivity contribution >= 4 is 15.9 Å². The molecule has 0 saturated heterocycles. The average Bonchev–Trinajstić information content (AvgIpc) is 2.71. The van der Waals surface area contributed by atoms with Gasteiger partial charge in [-0.05, 0) is 47.0 Å². The molecule has 0 spiro atoms. The van der Waals surface area contributed by atoms with Crippen LogP contribution in [-0.2, 0) is 20.1 Å². The number of aromatic nitrogens is 2. The summed E-state index contributed by atoms with van der Waals surface area (Å²) in [6, 6.07) is 7.48. The summed E-state index contributed by atoms with van der Waals surface area (Å²) in [5.74, 6) is 0.778. The van der Waals surface area contributed by atoms with E-state index in [1.54, 1.807) is 6.92 Å². The van der Waals surface area contributed by atoms with Gasteiger partial charge in [0.1, 0.15) is 12.4 Å². The maximum absolute atomic E-state index is 9.47. The highest BCUT2D eigenvalue weighted by atomic mass is 79.9. The molecule has 0 unspecified atom stereocenters. The summed E-state index contributed by atoms with van der Waals surface area (Å²) >= 11 is 3.57. The van der Waals surface area contributed by atoms with Crippen molar-refractivity contribution in [2.24, 2.45) is 7.05 Å². The van der Waals surface area contributed by atoms with E-state index < -0.39 is 6.10 Å². The Balaban J connectivity index is 2.07. The number of aliphatic hydroxyl groups excluding tert-OH is 1. The molecule has 1 heterocycles. The van der Waals surface area contributed by atoms with Crippen LogP contribution in [0.2, 0.25) is 0 Å². The van der Waals surface area contributed by atoms with Gasteiger partial charge in [0, 0.05) is 7.05 Å². The van der Waals surface area contributed by atoms with E-state index in [0.29, 0.717) is 6.61 Å². The maximum Gasteiger partial charge on any atom is 0.131 e. The number of hydrogen-bond acceptors (Lipinski definition) is 3. The van der Waals surface area contributed by atoms with E-state index in [2.05, 4.69) is 28.0 Å². The third kappa shape index (κ3) is 3.22. The topological polar surface area (TPSA) is 47.3 Å². The molecular formula is C15H19BrN2O2. The molecule has 1 aromatic heterocycles. The Morgan fingerprint density at radius 3 is 2.50 bits per heavy atom. The van der Waals surface area contributed by atoms with Gasteiger partial charge >= 0.3 is 0 Å². The smallest absolute Gasteiger partial charge is 0.131 e. The summed E-state index contributed by atoms with van der Waals surface area (Å²) in [5.41, 5.74) is 2.93. The molecule has 0 amide bonds. The number of halogens is 1. The van der Waals surface area contributed by atoms with E-state index in [1.165, 1.54) is 0 Å². The highest BCUT2D eigenvalue weighted by Crippen LogP contribution is 2.24. The Hall–Kier alpha value is -1.33. The summed E-state index contributed by atoms with van der Waals surface area (Å²) in [6.07, 6.45) is 0.430. The lowest BCUT2D eigenvalue weighted by Gasteiger charge is -2.09. The molecule has 0 radical (unpaired) electrons. The molecule has 0 aliphatic carbocycles. The molecule has 5 heteroatoms. The first-order valence-corrected chi connectivity index (χ1v) is 7.43. The molecular weight excluding hydrogens is 320 g/mol. The van der Waals surface area contributed by atoms with E-state index >= 15 is 0 Å². The zero-order chi connectivity index (χ0) is 14.7. The number of aryl methyl sites for hydroxylation is 2. The van der Waals surface area contributed by atoms with Gasteiger partial charge in [-0.25, -0.2) is 0 Å². The third-order valence-corrected chi connectivity index (χ3v) is 4.16. The summed E-state index contributed by atoms with van der Waals surface area (Å²) < 4.78 is 8.63. The summed E-state index contributed by atoms with van der Waals surface area (Å²) in [6.45, 7) is 4.28. The highest BCUT2D eigenvalue weighted by Gasteiger charge is 2.13. The fourth-order valence-electron chi connectivity index (χ4n) is 1.97. The zero-order valence-corrected chi connectivity index (χ0v) is 13.5. The van der Waals surface area contributed by atoms with Crippen LogP contribution in [0.25, 0.3) is 0 Å². The van der Waals surface area contributed by atoms with Crippen LogP contribution in [0.5, 0.6) is 5.75 Å². The van der Waals surface area contributed by atoms with Crippen LogP contribution in [0.3, 0.4) is 0 Å². The molecule has 1 aromatic carbocycles. The van der Waals surface area contributed by atoms with Gasteiger partial charge in [-0.15, -0.1) is 0 Å². The fourth-order valence-corrected chi connectivity index (χ4v) is 2.70. The van der Waals surface area contributed by atoms with Gasteiger partial charge in [0.25, 0.3) is 0 Å². The van der Waals surface area contributed by atoms with Crippen LogP contribution in [0.4, 0.5) is 0 Å². The first kappa shape index (κ1) is 15.1. The average molecular weight is 339 g/mol. The number of hydrogen-bond donors (Lipinski definition) is 1. The molecule has 0 aliphatic heterocycles.